The van der Waals surface area contributed by atoms with Crippen LogP contribution in [0.2, 0.25) is 0 Å². The fraction of sp³-hybridized carbons (Fsp3) is 0.0833. The first-order chi connectivity index (χ1) is 19.1. The summed E-state index contributed by atoms with van der Waals surface area (Å²) in [6.45, 7) is 4.64. The fourth-order valence-electron chi connectivity index (χ4n) is 5.76. The van der Waals surface area contributed by atoms with Gasteiger partial charge in [-0.25, -0.2) is 15.0 Å². The van der Waals surface area contributed by atoms with Gasteiger partial charge in [-0.3, -0.25) is 0 Å². The number of fused-ring (bicyclic) bond motifs is 3. The van der Waals surface area contributed by atoms with E-state index in [4.69, 9.17) is 15.0 Å². The lowest BCUT2D eigenvalue weighted by atomic mass is 9.82. The minimum absolute atomic E-state index is 0.0388. The van der Waals surface area contributed by atoms with Gasteiger partial charge >= 0.3 is 0 Å². The third-order valence-electron chi connectivity index (χ3n) is 7.74. The van der Waals surface area contributed by atoms with Crippen LogP contribution in [0.25, 0.3) is 56.4 Å². The highest BCUT2D eigenvalue weighted by molar-refractivity contribution is 5.93. The Kier molecular flexibility index (Phi) is 5.45. The molecule has 3 heteroatoms. The molecule has 0 amide bonds. The lowest BCUT2D eigenvalue weighted by Crippen LogP contribution is -2.14. The van der Waals surface area contributed by atoms with Crippen LogP contribution < -0.4 is 0 Å². The van der Waals surface area contributed by atoms with Crippen molar-refractivity contribution >= 4 is 0 Å². The summed E-state index contributed by atoms with van der Waals surface area (Å²) < 4.78 is 0. The average Bonchev–Trinajstić information content (AvgIpc) is 3.24. The summed E-state index contributed by atoms with van der Waals surface area (Å²) in [4.78, 5) is 14.7. The van der Waals surface area contributed by atoms with Gasteiger partial charge in [-0.05, 0) is 39.4 Å². The van der Waals surface area contributed by atoms with Crippen LogP contribution in [-0.2, 0) is 5.41 Å². The molecule has 0 aliphatic heterocycles. The molecule has 0 atom stereocenters. The molecule has 0 fully saturated rings. The Bertz CT molecular complexity index is 1760. The normalized spacial score (nSPS) is 13.1. The van der Waals surface area contributed by atoms with E-state index in [2.05, 4.69) is 80.6 Å². The van der Waals surface area contributed by atoms with Gasteiger partial charge in [0.05, 0.1) is 0 Å². The largest absolute Gasteiger partial charge is 0.208 e. The van der Waals surface area contributed by atoms with Crippen molar-refractivity contribution in [1.29, 1.82) is 0 Å². The van der Waals surface area contributed by atoms with Gasteiger partial charge in [-0.1, -0.05) is 135 Å². The molecule has 1 aliphatic rings. The Morgan fingerprint density at radius 2 is 0.872 bits per heavy atom. The molecule has 1 aromatic heterocycles. The molecule has 186 valence electrons. The summed E-state index contributed by atoms with van der Waals surface area (Å²) in [6.07, 6.45) is 0. The first kappa shape index (κ1) is 23.2. The number of hydrogen-bond acceptors (Lipinski definition) is 3. The lowest BCUT2D eigenvalue weighted by Gasteiger charge is -2.21. The summed E-state index contributed by atoms with van der Waals surface area (Å²) in [7, 11) is 0. The number of hydrogen-bond donors (Lipinski definition) is 0. The molecule has 5 aromatic carbocycles. The summed E-state index contributed by atoms with van der Waals surface area (Å²) in [5, 5.41) is 0. The predicted molar refractivity (Wildman–Crippen MR) is 159 cm³/mol. The van der Waals surface area contributed by atoms with Crippen molar-refractivity contribution in [3.05, 3.63) is 139 Å². The third-order valence-corrected chi connectivity index (χ3v) is 7.74. The zero-order valence-corrected chi connectivity index (χ0v) is 22.0. The van der Waals surface area contributed by atoms with Gasteiger partial charge in [0.15, 0.2) is 17.5 Å². The zero-order chi connectivity index (χ0) is 26.4. The Labute approximate surface area is 228 Å². The van der Waals surface area contributed by atoms with Crippen molar-refractivity contribution in [2.75, 3.05) is 0 Å². The molecule has 0 N–H and O–H groups in total. The summed E-state index contributed by atoms with van der Waals surface area (Å²) >= 11 is 0. The minimum atomic E-state index is -0.0388. The molecule has 0 radical (unpaired) electrons. The maximum Gasteiger partial charge on any atom is 0.164 e. The highest BCUT2D eigenvalue weighted by Crippen LogP contribution is 2.52. The number of benzene rings is 5. The van der Waals surface area contributed by atoms with E-state index in [0.29, 0.717) is 17.5 Å². The zero-order valence-electron chi connectivity index (χ0n) is 22.0. The summed E-state index contributed by atoms with van der Waals surface area (Å²) in [5.74, 6) is 2.00. The quantitative estimate of drug-likeness (QED) is 0.242. The maximum absolute atomic E-state index is 4.94. The monoisotopic (exact) mass is 501 g/mol. The van der Waals surface area contributed by atoms with Crippen molar-refractivity contribution in [3.63, 3.8) is 0 Å². The van der Waals surface area contributed by atoms with E-state index in [1.165, 1.54) is 27.8 Å². The lowest BCUT2D eigenvalue weighted by molar-refractivity contribution is 0.660. The average molecular weight is 502 g/mol. The topological polar surface area (TPSA) is 38.7 Å². The minimum Gasteiger partial charge on any atom is -0.208 e. The van der Waals surface area contributed by atoms with Gasteiger partial charge in [0, 0.05) is 22.1 Å². The molecule has 1 aliphatic carbocycles. The molecule has 0 saturated heterocycles. The summed E-state index contributed by atoms with van der Waals surface area (Å²) in [5.41, 5.74) is 10.6. The Morgan fingerprint density at radius 1 is 0.410 bits per heavy atom. The van der Waals surface area contributed by atoms with Crippen molar-refractivity contribution in [1.82, 2.24) is 15.0 Å². The van der Waals surface area contributed by atoms with Crippen molar-refractivity contribution < 1.29 is 0 Å². The number of aromatic nitrogens is 3. The van der Waals surface area contributed by atoms with E-state index in [-0.39, 0.29) is 5.41 Å². The smallest absolute Gasteiger partial charge is 0.164 e. The van der Waals surface area contributed by atoms with Crippen LogP contribution in [0.3, 0.4) is 0 Å². The van der Waals surface area contributed by atoms with Gasteiger partial charge in [-0.15, -0.1) is 0 Å². The van der Waals surface area contributed by atoms with Gasteiger partial charge in [-0.2, -0.15) is 0 Å². The van der Waals surface area contributed by atoms with Crippen LogP contribution in [-0.4, -0.2) is 15.0 Å². The summed E-state index contributed by atoms with van der Waals surface area (Å²) in [6, 6.07) is 44.3. The highest BCUT2D eigenvalue weighted by Gasteiger charge is 2.36. The van der Waals surface area contributed by atoms with Crippen LogP contribution in [0.5, 0.6) is 0 Å². The van der Waals surface area contributed by atoms with Crippen LogP contribution in [0, 0.1) is 0 Å². The standard InChI is InChI=1S/C36H27N3/c1-36(2)30-21-10-9-19-29(30)32-28(20-12-22-31(32)36)26-17-11-18-27(23-26)35-38-33(24-13-5-3-6-14-24)37-34(39-35)25-15-7-4-8-16-25/h3-23H,1-2H3. The van der Waals surface area contributed by atoms with Crippen molar-refractivity contribution in [3.8, 4) is 56.4 Å². The molecule has 0 bridgehead atoms. The van der Waals surface area contributed by atoms with Crippen molar-refractivity contribution in [2.45, 2.75) is 19.3 Å². The van der Waals surface area contributed by atoms with Crippen LogP contribution in [0.4, 0.5) is 0 Å². The molecule has 0 spiro atoms. The molecule has 1 heterocycles. The fourth-order valence-corrected chi connectivity index (χ4v) is 5.76. The van der Waals surface area contributed by atoms with Gasteiger partial charge in [0.1, 0.15) is 0 Å². The number of rotatable bonds is 4. The van der Waals surface area contributed by atoms with E-state index in [1.54, 1.807) is 0 Å². The second-order valence-corrected chi connectivity index (χ2v) is 10.5. The second-order valence-electron chi connectivity index (χ2n) is 10.5. The Morgan fingerprint density at radius 3 is 1.54 bits per heavy atom. The molecule has 7 rings (SSSR count). The van der Waals surface area contributed by atoms with Crippen LogP contribution in [0.1, 0.15) is 25.0 Å². The Balaban J connectivity index is 1.40. The Hall–Kier alpha value is -4.89. The number of nitrogens with zero attached hydrogens (tertiary/aromatic N) is 3. The van der Waals surface area contributed by atoms with E-state index in [0.717, 1.165) is 22.3 Å². The van der Waals surface area contributed by atoms with Crippen molar-refractivity contribution in [2.24, 2.45) is 0 Å². The molecule has 0 saturated carbocycles. The van der Waals surface area contributed by atoms with Crippen LogP contribution in [0.15, 0.2) is 127 Å². The van der Waals surface area contributed by atoms with Crippen LogP contribution >= 0.6 is 0 Å². The van der Waals surface area contributed by atoms with Gasteiger partial charge in [0.25, 0.3) is 0 Å². The molecular formula is C36H27N3. The van der Waals surface area contributed by atoms with E-state index >= 15 is 0 Å². The van der Waals surface area contributed by atoms with E-state index < -0.39 is 0 Å². The predicted octanol–water partition coefficient (Wildman–Crippen LogP) is 8.85. The van der Waals surface area contributed by atoms with Gasteiger partial charge in [0.2, 0.25) is 0 Å². The molecular weight excluding hydrogens is 474 g/mol. The highest BCUT2D eigenvalue weighted by atomic mass is 15.0. The molecule has 0 unspecified atom stereocenters. The van der Waals surface area contributed by atoms with E-state index in [1.807, 2.05) is 60.7 Å². The first-order valence-corrected chi connectivity index (χ1v) is 13.3. The first-order valence-electron chi connectivity index (χ1n) is 13.3. The molecule has 6 aromatic rings. The maximum atomic E-state index is 4.94. The third kappa shape index (κ3) is 3.95. The second kappa shape index (κ2) is 9.14. The molecule has 39 heavy (non-hydrogen) atoms. The molecule has 3 nitrogen and oxygen atoms in total. The van der Waals surface area contributed by atoms with Gasteiger partial charge < -0.3 is 0 Å². The SMILES string of the molecule is CC1(C)c2ccccc2-c2c(-c3cccc(-c4nc(-c5ccccc5)nc(-c5ccccc5)n4)c3)cccc21. The van der Waals surface area contributed by atoms with E-state index in [9.17, 15) is 0 Å².